The molecule has 0 bridgehead atoms. The molecule has 182 valence electrons. The van der Waals surface area contributed by atoms with Crippen molar-refractivity contribution in [1.82, 2.24) is 4.90 Å². The van der Waals surface area contributed by atoms with Gasteiger partial charge in [0, 0.05) is 17.5 Å². The highest BCUT2D eigenvalue weighted by atomic mass is 32.2. The van der Waals surface area contributed by atoms with Crippen molar-refractivity contribution in [3.8, 4) is 5.75 Å². The van der Waals surface area contributed by atoms with Gasteiger partial charge in [0.2, 0.25) is 5.91 Å². The lowest BCUT2D eigenvalue weighted by Crippen LogP contribution is -2.37. The van der Waals surface area contributed by atoms with Crippen LogP contribution in [-0.4, -0.2) is 35.7 Å². The van der Waals surface area contributed by atoms with Crippen LogP contribution in [0, 0.1) is 13.8 Å². The second-order valence-electron chi connectivity index (χ2n) is 8.43. The van der Waals surface area contributed by atoms with Crippen molar-refractivity contribution in [2.75, 3.05) is 19.0 Å². The number of fused-ring (bicyclic) bond motifs is 1. The Labute approximate surface area is 209 Å². The zero-order valence-corrected chi connectivity index (χ0v) is 21.4. The fourth-order valence-electron chi connectivity index (χ4n) is 4.34. The summed E-state index contributed by atoms with van der Waals surface area (Å²) in [4.78, 5) is 32.8. The predicted molar refractivity (Wildman–Crippen MR) is 139 cm³/mol. The smallest absolute Gasteiger partial charge is 0.338 e. The van der Waals surface area contributed by atoms with E-state index in [-0.39, 0.29) is 18.9 Å². The van der Waals surface area contributed by atoms with E-state index < -0.39 is 12.0 Å². The van der Waals surface area contributed by atoms with E-state index in [1.807, 2.05) is 61.4 Å². The van der Waals surface area contributed by atoms with Crippen molar-refractivity contribution in [1.29, 1.82) is 0 Å². The van der Waals surface area contributed by atoms with Gasteiger partial charge in [-0.3, -0.25) is 4.79 Å². The Balaban J connectivity index is 1.68. The maximum Gasteiger partial charge on any atom is 0.338 e. The number of rotatable bonds is 7. The number of aryl methyl sites for hydroxylation is 2. The van der Waals surface area contributed by atoms with Crippen molar-refractivity contribution >= 4 is 34.5 Å². The van der Waals surface area contributed by atoms with Gasteiger partial charge in [-0.25, -0.2) is 9.79 Å². The minimum absolute atomic E-state index is 0.125. The summed E-state index contributed by atoms with van der Waals surface area (Å²) < 4.78 is 10.7. The molecule has 1 amide bonds. The van der Waals surface area contributed by atoms with Gasteiger partial charge in [0.15, 0.2) is 5.17 Å². The molecule has 0 radical (unpaired) electrons. The Hall–Kier alpha value is -3.52. The van der Waals surface area contributed by atoms with Crippen molar-refractivity contribution in [2.24, 2.45) is 4.99 Å². The third kappa shape index (κ3) is 5.12. The van der Waals surface area contributed by atoms with Gasteiger partial charge in [-0.2, -0.15) is 0 Å². The van der Waals surface area contributed by atoms with E-state index >= 15 is 0 Å². The fourth-order valence-corrected chi connectivity index (χ4v) is 5.30. The van der Waals surface area contributed by atoms with Crippen molar-refractivity contribution in [2.45, 2.75) is 40.2 Å². The van der Waals surface area contributed by atoms with E-state index in [0.29, 0.717) is 22.7 Å². The number of aliphatic imine (C=N–C) groups is 1. The molecule has 1 atom stereocenters. The van der Waals surface area contributed by atoms with Gasteiger partial charge in [0.25, 0.3) is 0 Å². The number of carbonyl (C=O) groups excluding carboxylic acids is 2. The van der Waals surface area contributed by atoms with Crippen LogP contribution in [0.15, 0.2) is 69.8 Å². The maximum absolute atomic E-state index is 13.1. The minimum atomic E-state index is -0.437. The molecule has 0 spiro atoms. The zero-order chi connectivity index (χ0) is 25.1. The summed E-state index contributed by atoms with van der Waals surface area (Å²) in [6.45, 7) is 7.97. The number of esters is 1. The van der Waals surface area contributed by atoms with Gasteiger partial charge >= 0.3 is 5.97 Å². The van der Waals surface area contributed by atoms with Crippen LogP contribution in [-0.2, 0) is 14.3 Å². The van der Waals surface area contributed by atoms with Crippen LogP contribution >= 0.6 is 11.8 Å². The average molecular weight is 492 g/mol. The summed E-state index contributed by atoms with van der Waals surface area (Å²) in [6.07, 6.45) is 0.125. The largest absolute Gasteiger partial charge is 0.497 e. The van der Waals surface area contributed by atoms with Crippen LogP contribution in [0.4, 0.5) is 5.69 Å². The van der Waals surface area contributed by atoms with Gasteiger partial charge < -0.3 is 19.7 Å². The SMILES string of the molecule is CCOC(=O)C1=C(C)N=C2SC=C(CC(=O)Nc3cccc(OC)c3)N2C1c1ccc(C)cc1C. The molecular formula is C27H29N3O4S. The van der Waals surface area contributed by atoms with Crippen molar-refractivity contribution in [3.63, 3.8) is 0 Å². The standard InChI is InChI=1S/C27H29N3O4S/c1-6-34-26(32)24-18(4)28-27-30(25(24)22-11-10-16(2)12-17(22)3)20(15-35-27)14-23(31)29-19-8-7-9-21(13-19)33-5/h7-13,15,25H,6,14H2,1-5H3,(H,29,31). The first kappa shape index (κ1) is 24.6. The number of nitrogens with one attached hydrogen (secondary N) is 1. The first-order chi connectivity index (χ1) is 16.8. The number of nitrogens with zero attached hydrogens (tertiary/aromatic N) is 2. The van der Waals surface area contributed by atoms with Gasteiger partial charge in [0.05, 0.1) is 37.4 Å². The summed E-state index contributed by atoms with van der Waals surface area (Å²) in [5.74, 6) is 0.100. The van der Waals surface area contributed by atoms with Crippen LogP contribution in [0.5, 0.6) is 5.75 Å². The molecule has 2 aliphatic rings. The highest BCUT2D eigenvalue weighted by molar-refractivity contribution is 8.16. The number of hydrogen-bond acceptors (Lipinski definition) is 7. The monoisotopic (exact) mass is 491 g/mol. The summed E-state index contributed by atoms with van der Waals surface area (Å²) >= 11 is 1.45. The molecule has 1 unspecified atom stereocenters. The number of benzene rings is 2. The minimum Gasteiger partial charge on any atom is -0.497 e. The van der Waals surface area contributed by atoms with E-state index in [1.165, 1.54) is 11.8 Å². The Bertz CT molecular complexity index is 1260. The van der Waals surface area contributed by atoms with Crippen molar-refractivity contribution in [3.05, 3.63) is 81.5 Å². The molecule has 0 saturated carbocycles. The van der Waals surface area contributed by atoms with Gasteiger partial charge in [-0.1, -0.05) is 41.6 Å². The van der Waals surface area contributed by atoms with E-state index in [1.54, 1.807) is 20.1 Å². The molecule has 2 heterocycles. The lowest BCUT2D eigenvalue weighted by molar-refractivity contribution is -0.139. The molecule has 8 heteroatoms. The van der Waals surface area contributed by atoms with E-state index in [9.17, 15) is 9.59 Å². The highest BCUT2D eigenvalue weighted by Gasteiger charge is 2.41. The van der Waals surface area contributed by atoms with Crippen molar-refractivity contribution < 1.29 is 19.1 Å². The highest BCUT2D eigenvalue weighted by Crippen LogP contribution is 2.45. The second kappa shape index (κ2) is 10.4. The Morgan fingerprint density at radius 3 is 2.66 bits per heavy atom. The molecule has 0 saturated heterocycles. The van der Waals surface area contributed by atoms with Crippen LogP contribution in [0.25, 0.3) is 0 Å². The molecule has 4 rings (SSSR count). The first-order valence-electron chi connectivity index (χ1n) is 11.4. The third-order valence-electron chi connectivity index (χ3n) is 5.91. The average Bonchev–Trinajstić information content (AvgIpc) is 3.20. The van der Waals surface area contributed by atoms with E-state index in [2.05, 4.69) is 11.4 Å². The lowest BCUT2D eigenvalue weighted by atomic mass is 9.90. The van der Waals surface area contributed by atoms with Gasteiger partial charge in [-0.05, 0) is 56.4 Å². The molecule has 35 heavy (non-hydrogen) atoms. The van der Waals surface area contributed by atoms with Crippen LogP contribution in [0.2, 0.25) is 0 Å². The Kier molecular flexibility index (Phi) is 7.31. The summed E-state index contributed by atoms with van der Waals surface area (Å²) in [5.41, 5.74) is 5.72. The quantitative estimate of drug-likeness (QED) is 0.517. The van der Waals surface area contributed by atoms with Crippen LogP contribution in [0.3, 0.4) is 0 Å². The number of methoxy groups -OCH3 is 1. The van der Waals surface area contributed by atoms with Crippen LogP contribution < -0.4 is 10.1 Å². The molecule has 0 fully saturated rings. The summed E-state index contributed by atoms with van der Waals surface area (Å²) in [6, 6.07) is 13.0. The predicted octanol–water partition coefficient (Wildman–Crippen LogP) is 5.48. The molecule has 0 aliphatic carbocycles. The number of amidine groups is 1. The number of hydrogen-bond donors (Lipinski definition) is 1. The second-order valence-corrected chi connectivity index (χ2v) is 9.27. The first-order valence-corrected chi connectivity index (χ1v) is 12.3. The molecule has 0 aromatic heterocycles. The number of amides is 1. The number of ether oxygens (including phenoxy) is 2. The van der Waals surface area contributed by atoms with Gasteiger partial charge in [-0.15, -0.1) is 0 Å². The van der Waals surface area contributed by atoms with E-state index in [0.717, 1.165) is 27.6 Å². The number of anilines is 1. The maximum atomic E-state index is 13.1. The molecule has 2 aromatic carbocycles. The Morgan fingerprint density at radius 1 is 1.14 bits per heavy atom. The Morgan fingerprint density at radius 2 is 1.94 bits per heavy atom. The molecule has 7 nitrogen and oxygen atoms in total. The summed E-state index contributed by atoms with van der Waals surface area (Å²) in [5, 5.41) is 5.61. The lowest BCUT2D eigenvalue weighted by Gasteiger charge is -2.37. The summed E-state index contributed by atoms with van der Waals surface area (Å²) in [7, 11) is 1.59. The number of carbonyl (C=O) groups is 2. The normalized spacial score (nSPS) is 16.9. The third-order valence-corrected chi connectivity index (χ3v) is 6.80. The number of allylic oxidation sites excluding steroid dienone is 1. The fraction of sp³-hybridized carbons (Fsp3) is 0.296. The molecular weight excluding hydrogens is 462 g/mol. The van der Waals surface area contributed by atoms with Crippen LogP contribution in [0.1, 0.15) is 43.0 Å². The molecule has 2 aliphatic heterocycles. The van der Waals surface area contributed by atoms with E-state index in [4.69, 9.17) is 14.5 Å². The topological polar surface area (TPSA) is 80.2 Å². The molecule has 1 N–H and O–H groups in total. The zero-order valence-electron chi connectivity index (χ0n) is 20.5. The molecule has 2 aromatic rings. The number of thioether (sulfide) groups is 1. The van der Waals surface area contributed by atoms with Gasteiger partial charge in [0.1, 0.15) is 5.75 Å².